The first kappa shape index (κ1) is 15.3. The summed E-state index contributed by atoms with van der Waals surface area (Å²) in [6.07, 6.45) is -2.27. The van der Waals surface area contributed by atoms with E-state index >= 15 is 0 Å². The van der Waals surface area contributed by atoms with E-state index in [0.717, 1.165) is 0 Å². The van der Waals surface area contributed by atoms with Crippen molar-refractivity contribution in [1.29, 1.82) is 5.26 Å². The highest BCUT2D eigenvalue weighted by molar-refractivity contribution is 5.76. The van der Waals surface area contributed by atoms with Crippen LogP contribution in [0.4, 0.5) is 14.5 Å². The lowest BCUT2D eigenvalue weighted by molar-refractivity contribution is -0.385. The highest BCUT2D eigenvalue weighted by Gasteiger charge is 2.27. The first-order chi connectivity index (χ1) is 9.27. The van der Waals surface area contributed by atoms with E-state index in [9.17, 15) is 28.8 Å². The Bertz CT molecular complexity index is 598. The first-order valence-corrected chi connectivity index (χ1v) is 4.86. The van der Waals surface area contributed by atoms with E-state index in [4.69, 9.17) is 10.4 Å². The molecule has 0 amide bonds. The number of carbonyl (C=O) groups is 1. The average molecular weight is 288 g/mol. The number of alkyl halides is 2. The summed E-state index contributed by atoms with van der Waals surface area (Å²) >= 11 is 0. The van der Waals surface area contributed by atoms with Crippen molar-refractivity contribution in [2.75, 3.05) is 0 Å². The second-order valence-electron chi connectivity index (χ2n) is 3.40. The van der Waals surface area contributed by atoms with E-state index in [0.29, 0.717) is 12.1 Å². The average Bonchev–Trinajstić information content (AvgIpc) is 2.36. The fourth-order valence-corrected chi connectivity index (χ4v) is 1.37. The normalized spacial score (nSPS) is 11.8. The van der Waals surface area contributed by atoms with Crippen LogP contribution in [0, 0.1) is 21.4 Å². The van der Waals surface area contributed by atoms with Gasteiger partial charge in [-0.15, -0.1) is 0 Å². The molecule has 8 nitrogen and oxygen atoms in total. The van der Waals surface area contributed by atoms with Crippen molar-refractivity contribution < 1.29 is 33.4 Å². The molecule has 0 spiro atoms. The Morgan fingerprint density at radius 3 is 2.50 bits per heavy atom. The van der Waals surface area contributed by atoms with Gasteiger partial charge in [0.05, 0.1) is 11.0 Å². The third kappa shape index (κ3) is 3.15. The quantitative estimate of drug-likeness (QED) is 0.613. The number of carboxylic acids is 1. The number of aliphatic carboxylic acids is 1. The Morgan fingerprint density at radius 1 is 1.50 bits per heavy atom. The molecule has 1 atom stereocenters. The molecule has 0 heterocycles. The molecule has 0 aromatic heterocycles. The smallest absolute Gasteiger partial charge is 0.387 e. The number of nitrogens with zero attached hydrogens (tertiary/aromatic N) is 2. The van der Waals surface area contributed by atoms with E-state index < -0.39 is 46.2 Å². The number of nitro benzene ring substituents is 1. The summed E-state index contributed by atoms with van der Waals surface area (Å²) in [6, 6.07) is 2.49. The lowest BCUT2D eigenvalue weighted by atomic mass is 10.0. The SMILES string of the molecule is N#Cc1cc(C(O)C(=O)O)c(OC(F)F)cc1[N+](=O)[O-]. The molecule has 1 aromatic rings. The number of aliphatic hydroxyl groups is 1. The van der Waals surface area contributed by atoms with Gasteiger partial charge in [0, 0.05) is 5.56 Å². The summed E-state index contributed by atoms with van der Waals surface area (Å²) in [7, 11) is 0. The molecule has 10 heteroatoms. The van der Waals surface area contributed by atoms with Crippen molar-refractivity contribution in [2.24, 2.45) is 0 Å². The van der Waals surface area contributed by atoms with Crippen LogP contribution < -0.4 is 4.74 Å². The summed E-state index contributed by atoms with van der Waals surface area (Å²) in [4.78, 5) is 20.3. The predicted molar refractivity (Wildman–Crippen MR) is 57.0 cm³/mol. The maximum absolute atomic E-state index is 12.2. The number of hydrogen-bond donors (Lipinski definition) is 2. The van der Waals surface area contributed by atoms with Crippen LogP contribution in [0.3, 0.4) is 0 Å². The Morgan fingerprint density at radius 2 is 2.10 bits per heavy atom. The summed E-state index contributed by atoms with van der Waals surface area (Å²) < 4.78 is 28.3. The van der Waals surface area contributed by atoms with Crippen LogP contribution in [0.15, 0.2) is 12.1 Å². The van der Waals surface area contributed by atoms with Gasteiger partial charge >= 0.3 is 12.6 Å². The number of rotatable bonds is 5. The summed E-state index contributed by atoms with van der Waals surface area (Å²) in [6.45, 7) is -3.39. The summed E-state index contributed by atoms with van der Waals surface area (Å²) in [5.74, 6) is -2.68. The van der Waals surface area contributed by atoms with E-state index in [2.05, 4.69) is 4.74 Å². The van der Waals surface area contributed by atoms with Crippen LogP contribution in [-0.2, 0) is 4.79 Å². The zero-order chi connectivity index (χ0) is 15.4. The second-order valence-corrected chi connectivity index (χ2v) is 3.40. The zero-order valence-electron chi connectivity index (χ0n) is 9.49. The minimum Gasteiger partial charge on any atom is -0.479 e. The highest BCUT2D eigenvalue weighted by Crippen LogP contribution is 2.33. The molecule has 0 saturated carbocycles. The van der Waals surface area contributed by atoms with E-state index in [1.54, 1.807) is 0 Å². The van der Waals surface area contributed by atoms with Gasteiger partial charge in [0.15, 0.2) is 6.10 Å². The van der Waals surface area contributed by atoms with Gasteiger partial charge in [-0.25, -0.2) is 4.79 Å². The number of nitriles is 1. The van der Waals surface area contributed by atoms with Crippen molar-refractivity contribution >= 4 is 11.7 Å². The molecule has 20 heavy (non-hydrogen) atoms. The molecular formula is C10H6F2N2O6. The summed E-state index contributed by atoms with van der Waals surface area (Å²) in [5, 5.41) is 37.3. The molecule has 0 bridgehead atoms. The fourth-order valence-electron chi connectivity index (χ4n) is 1.37. The molecule has 0 fully saturated rings. The molecular weight excluding hydrogens is 282 g/mol. The van der Waals surface area contributed by atoms with Crippen LogP contribution >= 0.6 is 0 Å². The number of ether oxygens (including phenoxy) is 1. The molecule has 1 aromatic carbocycles. The Labute approximate surface area is 109 Å². The van der Waals surface area contributed by atoms with Gasteiger partial charge < -0.3 is 14.9 Å². The highest BCUT2D eigenvalue weighted by atomic mass is 19.3. The minimum atomic E-state index is -3.39. The van der Waals surface area contributed by atoms with Crippen LogP contribution in [0.25, 0.3) is 0 Å². The van der Waals surface area contributed by atoms with Crippen molar-refractivity contribution in [2.45, 2.75) is 12.7 Å². The lowest BCUT2D eigenvalue weighted by Gasteiger charge is -2.13. The van der Waals surface area contributed by atoms with E-state index in [1.807, 2.05) is 0 Å². The van der Waals surface area contributed by atoms with Gasteiger partial charge in [-0.3, -0.25) is 10.1 Å². The van der Waals surface area contributed by atoms with Crippen molar-refractivity contribution in [3.05, 3.63) is 33.4 Å². The number of carboxylic acid groups (broad SMARTS) is 1. The topological polar surface area (TPSA) is 134 Å². The molecule has 0 aliphatic heterocycles. The molecule has 0 aliphatic carbocycles. The third-order valence-corrected chi connectivity index (χ3v) is 2.19. The first-order valence-electron chi connectivity index (χ1n) is 4.86. The Balaban J connectivity index is 3.51. The molecule has 1 unspecified atom stereocenters. The van der Waals surface area contributed by atoms with Gasteiger partial charge in [-0.1, -0.05) is 0 Å². The number of nitro groups is 1. The summed E-state index contributed by atoms with van der Waals surface area (Å²) in [5.41, 5.74) is -2.11. The second kappa shape index (κ2) is 5.89. The predicted octanol–water partition coefficient (Wildman–Crippen LogP) is 1.19. The fraction of sp³-hybridized carbons (Fsp3) is 0.200. The van der Waals surface area contributed by atoms with Gasteiger partial charge in [0.1, 0.15) is 17.4 Å². The molecule has 0 radical (unpaired) electrons. The number of aliphatic hydroxyl groups excluding tert-OH is 1. The number of hydrogen-bond acceptors (Lipinski definition) is 6. The standard InChI is InChI=1S/C10H6F2N2O6/c11-10(12)20-7-2-6(14(18)19)4(3-13)1-5(7)8(15)9(16)17/h1-2,8,10,15H,(H,16,17). The number of benzene rings is 1. The van der Waals surface area contributed by atoms with E-state index in [-0.39, 0.29) is 0 Å². The number of halogens is 2. The van der Waals surface area contributed by atoms with Crippen molar-refractivity contribution in [3.63, 3.8) is 0 Å². The van der Waals surface area contributed by atoms with Gasteiger partial charge in [0.25, 0.3) is 5.69 Å². The maximum atomic E-state index is 12.2. The van der Waals surface area contributed by atoms with Crippen molar-refractivity contribution in [1.82, 2.24) is 0 Å². The molecule has 2 N–H and O–H groups in total. The zero-order valence-corrected chi connectivity index (χ0v) is 9.49. The van der Waals surface area contributed by atoms with Crippen LogP contribution in [0.1, 0.15) is 17.2 Å². The van der Waals surface area contributed by atoms with Gasteiger partial charge in [-0.05, 0) is 6.07 Å². The van der Waals surface area contributed by atoms with Gasteiger partial charge in [0.2, 0.25) is 0 Å². The molecule has 0 aliphatic rings. The van der Waals surface area contributed by atoms with Crippen molar-refractivity contribution in [3.8, 4) is 11.8 Å². The Hall–Kier alpha value is -2.80. The largest absolute Gasteiger partial charge is 0.479 e. The van der Waals surface area contributed by atoms with Crippen LogP contribution in [0.2, 0.25) is 0 Å². The minimum absolute atomic E-state index is 0.464. The Kier molecular flexibility index (Phi) is 4.50. The molecule has 0 saturated heterocycles. The van der Waals surface area contributed by atoms with Crippen LogP contribution in [-0.4, -0.2) is 27.7 Å². The molecule has 106 valence electrons. The monoisotopic (exact) mass is 288 g/mol. The third-order valence-electron chi connectivity index (χ3n) is 2.19. The van der Waals surface area contributed by atoms with E-state index in [1.165, 1.54) is 6.07 Å². The van der Waals surface area contributed by atoms with Gasteiger partial charge in [-0.2, -0.15) is 14.0 Å². The lowest BCUT2D eigenvalue weighted by Crippen LogP contribution is -2.14. The van der Waals surface area contributed by atoms with Crippen LogP contribution in [0.5, 0.6) is 5.75 Å². The molecule has 1 rings (SSSR count). The maximum Gasteiger partial charge on any atom is 0.387 e.